The van der Waals surface area contributed by atoms with Gasteiger partial charge in [-0.2, -0.15) is 0 Å². The van der Waals surface area contributed by atoms with E-state index in [1.165, 1.54) is 0 Å². The molecule has 1 aromatic carbocycles. The second-order valence-corrected chi connectivity index (χ2v) is 5.58. The summed E-state index contributed by atoms with van der Waals surface area (Å²) in [5, 5.41) is 5.72. The van der Waals surface area contributed by atoms with Crippen LogP contribution in [-0.2, 0) is 16.1 Å². The minimum Gasteiger partial charge on any atom is -0.351 e. The van der Waals surface area contributed by atoms with Crippen molar-refractivity contribution in [3.8, 4) is 0 Å². The Labute approximate surface area is 125 Å². The predicted octanol–water partition coefficient (Wildman–Crippen LogP) is 1.78. The van der Waals surface area contributed by atoms with Gasteiger partial charge in [-0.05, 0) is 37.0 Å². The van der Waals surface area contributed by atoms with Crippen molar-refractivity contribution < 1.29 is 9.59 Å². The number of rotatable bonds is 7. The van der Waals surface area contributed by atoms with E-state index in [0.29, 0.717) is 13.0 Å². The smallest absolute Gasteiger partial charge is 0.237 e. The molecule has 2 amide bonds. The number of benzene rings is 1. The largest absolute Gasteiger partial charge is 0.351 e. The summed E-state index contributed by atoms with van der Waals surface area (Å²) in [5.74, 6) is 0.130. The molecule has 0 heterocycles. The lowest BCUT2D eigenvalue weighted by Crippen LogP contribution is -2.40. The summed E-state index contributed by atoms with van der Waals surface area (Å²) in [5.41, 5.74) is 7.48. The summed E-state index contributed by atoms with van der Waals surface area (Å²) >= 11 is 0. The molecule has 2 rings (SSSR count). The quantitative estimate of drug-likeness (QED) is 0.715. The summed E-state index contributed by atoms with van der Waals surface area (Å²) in [7, 11) is 0. The number of hydrogen-bond donors (Lipinski definition) is 3. The first-order chi connectivity index (χ1) is 10.1. The molecule has 0 saturated heterocycles. The van der Waals surface area contributed by atoms with Crippen LogP contribution in [0.15, 0.2) is 24.3 Å². The Morgan fingerprint density at radius 3 is 2.81 bits per heavy atom. The molecule has 5 heteroatoms. The van der Waals surface area contributed by atoms with Crippen molar-refractivity contribution in [1.29, 1.82) is 0 Å². The Morgan fingerprint density at radius 1 is 1.38 bits per heavy atom. The number of carbonyl (C=O) groups is 2. The fraction of sp³-hybridized carbons (Fsp3) is 0.500. The maximum atomic E-state index is 11.8. The number of nitrogens with one attached hydrogen (secondary N) is 2. The lowest BCUT2D eigenvalue weighted by Gasteiger charge is -2.12. The van der Waals surface area contributed by atoms with Crippen molar-refractivity contribution >= 4 is 17.5 Å². The van der Waals surface area contributed by atoms with Gasteiger partial charge in [0.05, 0.1) is 6.04 Å². The molecule has 0 radical (unpaired) electrons. The van der Waals surface area contributed by atoms with Crippen molar-refractivity contribution in [2.75, 3.05) is 5.32 Å². The first kappa shape index (κ1) is 15.5. The normalized spacial score (nSPS) is 15.3. The molecule has 1 aliphatic rings. The Hall–Kier alpha value is -1.88. The van der Waals surface area contributed by atoms with Gasteiger partial charge < -0.3 is 16.4 Å². The van der Waals surface area contributed by atoms with Gasteiger partial charge in [0.25, 0.3) is 0 Å². The van der Waals surface area contributed by atoms with Crippen LogP contribution in [0.3, 0.4) is 0 Å². The minimum atomic E-state index is -0.451. The highest BCUT2D eigenvalue weighted by Gasteiger charge is 2.29. The second kappa shape index (κ2) is 7.22. The van der Waals surface area contributed by atoms with Gasteiger partial charge in [-0.3, -0.25) is 9.59 Å². The Kier molecular flexibility index (Phi) is 5.33. The molecule has 0 unspecified atom stereocenters. The van der Waals surface area contributed by atoms with Crippen molar-refractivity contribution in [3.63, 3.8) is 0 Å². The van der Waals surface area contributed by atoms with Crippen LogP contribution in [-0.4, -0.2) is 17.9 Å². The van der Waals surface area contributed by atoms with Crippen LogP contribution in [0.1, 0.15) is 38.2 Å². The molecular weight excluding hydrogens is 266 g/mol. The Morgan fingerprint density at radius 2 is 2.14 bits per heavy atom. The van der Waals surface area contributed by atoms with Crippen LogP contribution in [0.5, 0.6) is 0 Å². The van der Waals surface area contributed by atoms with Gasteiger partial charge >= 0.3 is 0 Å². The summed E-state index contributed by atoms with van der Waals surface area (Å²) in [4.78, 5) is 23.5. The lowest BCUT2D eigenvalue weighted by molar-refractivity contribution is -0.122. The van der Waals surface area contributed by atoms with Gasteiger partial charge in [0, 0.05) is 18.2 Å². The van der Waals surface area contributed by atoms with E-state index in [4.69, 9.17) is 5.73 Å². The van der Waals surface area contributed by atoms with E-state index in [0.717, 1.165) is 30.5 Å². The van der Waals surface area contributed by atoms with E-state index in [-0.39, 0.29) is 17.7 Å². The zero-order chi connectivity index (χ0) is 15.2. The number of carbonyl (C=O) groups excluding carboxylic acids is 2. The molecule has 1 atom stereocenters. The van der Waals surface area contributed by atoms with Crippen molar-refractivity contribution in [2.24, 2.45) is 11.7 Å². The lowest BCUT2D eigenvalue weighted by atomic mass is 10.1. The number of hydrogen-bond acceptors (Lipinski definition) is 3. The van der Waals surface area contributed by atoms with Crippen molar-refractivity contribution in [1.82, 2.24) is 5.32 Å². The Balaban J connectivity index is 1.85. The average Bonchev–Trinajstić information content (AvgIpc) is 3.30. The monoisotopic (exact) mass is 289 g/mol. The van der Waals surface area contributed by atoms with Gasteiger partial charge in [-0.15, -0.1) is 0 Å². The van der Waals surface area contributed by atoms with Crippen molar-refractivity contribution in [2.45, 2.75) is 45.2 Å². The molecule has 1 fully saturated rings. The maximum Gasteiger partial charge on any atom is 0.237 e. The standard InChI is InChI=1S/C16H23N3O2/c1-2-4-14(17)16(21)18-10-11-5-3-6-13(9-11)19-15(20)12-7-8-12/h3,5-6,9,12,14H,2,4,7-8,10,17H2,1H3,(H,18,21)(H,19,20)/t14-/m0/s1. The third kappa shape index (κ3) is 4.86. The van der Waals surface area contributed by atoms with Gasteiger partial charge in [-0.25, -0.2) is 0 Å². The molecule has 1 saturated carbocycles. The molecule has 1 aromatic rings. The minimum absolute atomic E-state index is 0.0844. The van der Waals surface area contributed by atoms with E-state index < -0.39 is 6.04 Å². The number of anilines is 1. The Bertz CT molecular complexity index is 512. The molecular formula is C16H23N3O2. The van der Waals surface area contributed by atoms with Crippen LogP contribution < -0.4 is 16.4 Å². The topological polar surface area (TPSA) is 84.2 Å². The molecule has 0 bridgehead atoms. The third-order valence-electron chi connectivity index (χ3n) is 3.55. The summed E-state index contributed by atoms with van der Waals surface area (Å²) in [6.45, 7) is 2.42. The van der Waals surface area contributed by atoms with Gasteiger partial charge in [-0.1, -0.05) is 25.5 Å². The molecule has 21 heavy (non-hydrogen) atoms. The first-order valence-corrected chi connectivity index (χ1v) is 7.53. The molecule has 0 aliphatic heterocycles. The highest BCUT2D eigenvalue weighted by molar-refractivity contribution is 5.94. The first-order valence-electron chi connectivity index (χ1n) is 7.53. The van der Waals surface area contributed by atoms with E-state index in [2.05, 4.69) is 10.6 Å². The van der Waals surface area contributed by atoms with Crippen LogP contribution in [0.4, 0.5) is 5.69 Å². The number of nitrogens with two attached hydrogens (primary N) is 1. The molecule has 0 spiro atoms. The third-order valence-corrected chi connectivity index (χ3v) is 3.55. The SMILES string of the molecule is CCC[C@H](N)C(=O)NCc1cccc(NC(=O)C2CC2)c1. The van der Waals surface area contributed by atoms with E-state index in [1.54, 1.807) is 0 Å². The van der Waals surface area contributed by atoms with Crippen molar-refractivity contribution in [3.05, 3.63) is 29.8 Å². The zero-order valence-electron chi connectivity index (χ0n) is 12.4. The maximum absolute atomic E-state index is 11.8. The van der Waals surface area contributed by atoms with Gasteiger partial charge in [0.2, 0.25) is 11.8 Å². The molecule has 5 nitrogen and oxygen atoms in total. The zero-order valence-corrected chi connectivity index (χ0v) is 12.4. The van der Waals surface area contributed by atoms with Crippen LogP contribution in [0.25, 0.3) is 0 Å². The van der Waals surface area contributed by atoms with Gasteiger partial charge in [0.15, 0.2) is 0 Å². The van der Waals surface area contributed by atoms with Gasteiger partial charge in [0.1, 0.15) is 0 Å². The van der Waals surface area contributed by atoms with E-state index in [9.17, 15) is 9.59 Å². The fourth-order valence-corrected chi connectivity index (χ4v) is 2.11. The molecule has 1 aliphatic carbocycles. The summed E-state index contributed by atoms with van der Waals surface area (Å²) < 4.78 is 0. The second-order valence-electron chi connectivity index (χ2n) is 5.58. The van der Waals surface area contributed by atoms with Crippen LogP contribution >= 0.6 is 0 Å². The van der Waals surface area contributed by atoms with E-state index in [1.807, 2.05) is 31.2 Å². The summed E-state index contributed by atoms with van der Waals surface area (Å²) in [6.07, 6.45) is 3.54. The highest BCUT2D eigenvalue weighted by Crippen LogP contribution is 2.30. The average molecular weight is 289 g/mol. The number of amides is 2. The molecule has 4 N–H and O–H groups in total. The fourth-order valence-electron chi connectivity index (χ4n) is 2.11. The predicted molar refractivity (Wildman–Crippen MR) is 82.5 cm³/mol. The molecule has 0 aromatic heterocycles. The van der Waals surface area contributed by atoms with E-state index >= 15 is 0 Å². The van der Waals surface area contributed by atoms with Crippen LogP contribution in [0, 0.1) is 5.92 Å². The molecule has 114 valence electrons. The highest BCUT2D eigenvalue weighted by atomic mass is 16.2. The summed E-state index contributed by atoms with van der Waals surface area (Å²) in [6, 6.07) is 7.07. The van der Waals surface area contributed by atoms with Crippen LogP contribution in [0.2, 0.25) is 0 Å².